The van der Waals surface area contributed by atoms with Crippen molar-refractivity contribution in [3.63, 3.8) is 0 Å². The molecule has 0 N–H and O–H groups in total. The normalized spacial score (nSPS) is 12.3. The van der Waals surface area contributed by atoms with E-state index in [4.69, 9.17) is 19.0 Å². The number of rotatable bonds is 12. The van der Waals surface area contributed by atoms with Crippen LogP contribution in [0.5, 0.6) is 17.2 Å². The fraction of sp³-hybridized carbons (Fsp3) is 0.400. The van der Waals surface area contributed by atoms with Gasteiger partial charge < -0.3 is 19.0 Å². The minimum atomic E-state index is 0.366. The van der Waals surface area contributed by atoms with Gasteiger partial charge in [-0.15, -0.1) is 0 Å². The van der Waals surface area contributed by atoms with Gasteiger partial charge in [-0.25, -0.2) is 0 Å². The van der Waals surface area contributed by atoms with Gasteiger partial charge in [-0.2, -0.15) is 0 Å². The van der Waals surface area contributed by atoms with Gasteiger partial charge in [0.2, 0.25) is 0 Å². The minimum Gasteiger partial charge on any atom is -0.493 e. The Morgan fingerprint density at radius 2 is 1.77 bits per heavy atom. The third-order valence-corrected chi connectivity index (χ3v) is 4.57. The van der Waals surface area contributed by atoms with Crippen LogP contribution in [-0.2, 0) is 4.84 Å². The molecule has 1 atom stereocenters. The van der Waals surface area contributed by atoms with Gasteiger partial charge in [0.1, 0.15) is 31.0 Å². The van der Waals surface area contributed by atoms with Crippen LogP contribution in [0.2, 0.25) is 0 Å². The van der Waals surface area contributed by atoms with E-state index in [0.717, 1.165) is 40.4 Å². The lowest BCUT2D eigenvalue weighted by Crippen LogP contribution is -2.13. The predicted octanol–water partition coefficient (Wildman–Crippen LogP) is 5.72. The molecule has 0 saturated heterocycles. The number of hydrogen-bond acceptors (Lipinski definition) is 5. The summed E-state index contributed by atoms with van der Waals surface area (Å²) in [6.45, 7) is 10.1. The van der Waals surface area contributed by atoms with Gasteiger partial charge in [0, 0.05) is 0 Å². The van der Waals surface area contributed by atoms with E-state index in [1.807, 2.05) is 55.5 Å². The van der Waals surface area contributed by atoms with Crippen LogP contribution in [0.15, 0.2) is 53.7 Å². The number of ether oxygens (including phenoxy) is 3. The van der Waals surface area contributed by atoms with Gasteiger partial charge >= 0.3 is 0 Å². The summed E-state index contributed by atoms with van der Waals surface area (Å²) in [4.78, 5) is 4.71. The molecule has 2 rings (SSSR count). The van der Waals surface area contributed by atoms with Gasteiger partial charge in [0.05, 0.1) is 19.4 Å². The lowest BCUT2D eigenvalue weighted by atomic mass is 10.1. The monoisotopic (exact) mass is 411 g/mol. The van der Waals surface area contributed by atoms with Crippen LogP contribution in [0.25, 0.3) is 0 Å². The van der Waals surface area contributed by atoms with Crippen LogP contribution >= 0.6 is 0 Å². The molecule has 0 aliphatic heterocycles. The minimum absolute atomic E-state index is 0.366. The Balaban J connectivity index is 1.80. The van der Waals surface area contributed by atoms with Gasteiger partial charge in [0.25, 0.3) is 0 Å². The summed E-state index contributed by atoms with van der Waals surface area (Å²) < 4.78 is 17.7. The summed E-state index contributed by atoms with van der Waals surface area (Å²) >= 11 is 0. The first kappa shape index (κ1) is 23.3. The summed E-state index contributed by atoms with van der Waals surface area (Å²) in [6.07, 6.45) is 6.53. The molecule has 1 unspecified atom stereocenters. The Morgan fingerprint density at radius 3 is 2.47 bits per heavy atom. The number of oxime groups is 1. The second-order valence-electron chi connectivity index (χ2n) is 7.31. The molecule has 0 radical (unpaired) electrons. The first-order valence-corrected chi connectivity index (χ1v) is 10.3. The van der Waals surface area contributed by atoms with E-state index in [-0.39, 0.29) is 0 Å². The van der Waals surface area contributed by atoms with Crippen LogP contribution in [0.3, 0.4) is 0 Å². The molecule has 162 valence electrons. The first-order chi connectivity index (χ1) is 14.5. The maximum absolute atomic E-state index is 6.08. The van der Waals surface area contributed by atoms with E-state index in [0.29, 0.717) is 25.7 Å². The highest BCUT2D eigenvalue weighted by Gasteiger charge is 2.09. The maximum atomic E-state index is 6.08. The summed E-state index contributed by atoms with van der Waals surface area (Å²) in [7, 11) is 1.52. The zero-order valence-corrected chi connectivity index (χ0v) is 18.7. The highest BCUT2D eigenvalue weighted by molar-refractivity contribution is 5.79. The average molecular weight is 412 g/mol. The van der Waals surface area contributed by atoms with Crippen molar-refractivity contribution in [1.82, 2.24) is 0 Å². The Kier molecular flexibility index (Phi) is 9.78. The topological polar surface area (TPSA) is 49.3 Å². The van der Waals surface area contributed by atoms with Crippen molar-refractivity contribution >= 4 is 6.21 Å². The van der Waals surface area contributed by atoms with Crippen molar-refractivity contribution in [2.45, 2.75) is 34.1 Å². The SMILES string of the molecule is C/C=C/COc1cc(C)c(OCCC(C)COc2cccc(C=NOC)c2)c(C)c1. The standard InChI is InChI=1S/C25H33NO4/c1-6-7-12-28-24-14-20(3)25(21(4)15-24)29-13-11-19(2)18-30-23-10-8-9-22(16-23)17-26-27-5/h6-10,14-17,19H,11-13,18H2,1-5H3/b7-6+,26-17?. The van der Waals surface area contributed by atoms with Crippen molar-refractivity contribution in [2.75, 3.05) is 26.9 Å². The fourth-order valence-electron chi connectivity index (χ4n) is 2.94. The van der Waals surface area contributed by atoms with Gasteiger partial charge in [-0.1, -0.05) is 36.4 Å². The molecule has 0 amide bonds. The molecule has 0 aromatic heterocycles. The molecule has 5 nitrogen and oxygen atoms in total. The molecular weight excluding hydrogens is 378 g/mol. The van der Waals surface area contributed by atoms with Crippen LogP contribution in [0.1, 0.15) is 37.0 Å². The molecule has 0 saturated carbocycles. The summed E-state index contributed by atoms with van der Waals surface area (Å²) in [5.41, 5.74) is 3.11. The Labute approximate surface area is 180 Å². The molecular formula is C25H33NO4. The Bertz CT molecular complexity index is 822. The Morgan fingerprint density at radius 1 is 1.00 bits per heavy atom. The molecule has 0 aliphatic carbocycles. The lowest BCUT2D eigenvalue weighted by molar-refractivity contribution is 0.215. The molecule has 30 heavy (non-hydrogen) atoms. The van der Waals surface area contributed by atoms with Crippen molar-refractivity contribution < 1.29 is 19.0 Å². The third kappa shape index (κ3) is 7.82. The van der Waals surface area contributed by atoms with Gasteiger partial charge in [-0.3, -0.25) is 0 Å². The Hall–Kier alpha value is -2.95. The maximum Gasteiger partial charge on any atom is 0.125 e. The fourth-order valence-corrected chi connectivity index (χ4v) is 2.94. The third-order valence-electron chi connectivity index (χ3n) is 4.57. The highest BCUT2D eigenvalue weighted by atomic mass is 16.6. The summed E-state index contributed by atoms with van der Waals surface area (Å²) in [6, 6.07) is 11.8. The van der Waals surface area contributed by atoms with E-state index >= 15 is 0 Å². The number of aryl methyl sites for hydroxylation is 2. The second kappa shape index (κ2) is 12.6. The molecule has 2 aromatic rings. The van der Waals surface area contributed by atoms with Crippen molar-refractivity contribution in [1.29, 1.82) is 0 Å². The average Bonchev–Trinajstić information content (AvgIpc) is 2.73. The zero-order chi connectivity index (χ0) is 21.8. The number of hydrogen-bond donors (Lipinski definition) is 0. The largest absolute Gasteiger partial charge is 0.493 e. The van der Waals surface area contributed by atoms with Crippen molar-refractivity contribution in [2.24, 2.45) is 11.1 Å². The quantitative estimate of drug-likeness (QED) is 0.254. The predicted molar refractivity (Wildman–Crippen MR) is 122 cm³/mol. The molecule has 0 spiro atoms. The summed E-state index contributed by atoms with van der Waals surface area (Å²) in [5, 5.41) is 3.78. The van der Waals surface area contributed by atoms with Crippen molar-refractivity contribution in [3.8, 4) is 17.2 Å². The van der Waals surface area contributed by atoms with Crippen LogP contribution in [-0.4, -0.2) is 33.1 Å². The van der Waals surface area contributed by atoms with E-state index in [1.165, 1.54) is 7.11 Å². The molecule has 0 bridgehead atoms. The molecule has 2 aromatic carbocycles. The van der Waals surface area contributed by atoms with Crippen LogP contribution in [0.4, 0.5) is 0 Å². The second-order valence-corrected chi connectivity index (χ2v) is 7.31. The van der Waals surface area contributed by atoms with Crippen LogP contribution < -0.4 is 14.2 Å². The van der Waals surface area contributed by atoms with E-state index < -0.39 is 0 Å². The lowest BCUT2D eigenvalue weighted by Gasteiger charge is -2.17. The van der Waals surface area contributed by atoms with E-state index in [1.54, 1.807) is 6.21 Å². The number of benzene rings is 2. The highest BCUT2D eigenvalue weighted by Crippen LogP contribution is 2.29. The van der Waals surface area contributed by atoms with Crippen LogP contribution in [0, 0.1) is 19.8 Å². The smallest absolute Gasteiger partial charge is 0.125 e. The molecule has 0 fully saturated rings. The number of allylic oxidation sites excluding steroid dienone is 1. The van der Waals surface area contributed by atoms with Gasteiger partial charge in [0.15, 0.2) is 0 Å². The molecule has 0 heterocycles. The van der Waals surface area contributed by atoms with Gasteiger partial charge in [-0.05, 0) is 74.1 Å². The molecule has 5 heteroatoms. The van der Waals surface area contributed by atoms with E-state index in [9.17, 15) is 0 Å². The first-order valence-electron chi connectivity index (χ1n) is 10.3. The summed E-state index contributed by atoms with van der Waals surface area (Å²) in [5.74, 6) is 3.00. The molecule has 0 aliphatic rings. The number of nitrogens with zero attached hydrogens (tertiary/aromatic N) is 1. The van der Waals surface area contributed by atoms with Crippen molar-refractivity contribution in [3.05, 3.63) is 65.2 Å². The van der Waals surface area contributed by atoms with E-state index in [2.05, 4.69) is 25.9 Å². The zero-order valence-electron chi connectivity index (χ0n) is 18.7.